The van der Waals surface area contributed by atoms with Gasteiger partial charge in [0.2, 0.25) is 0 Å². The van der Waals surface area contributed by atoms with Gasteiger partial charge >= 0.3 is 5.97 Å². The summed E-state index contributed by atoms with van der Waals surface area (Å²) >= 11 is 1.15. The van der Waals surface area contributed by atoms with Crippen LogP contribution < -0.4 is 15.4 Å². The quantitative estimate of drug-likeness (QED) is 0.373. The number of ether oxygens (including phenoxy) is 1. The number of nitrogens with one attached hydrogen (secondary N) is 2. The maximum atomic E-state index is 13.2. The second kappa shape index (κ2) is 11.3. The lowest BCUT2D eigenvalue weighted by molar-refractivity contribution is 0.0695. The molecule has 3 aromatic rings. The lowest BCUT2D eigenvalue weighted by Crippen LogP contribution is -2.42. The van der Waals surface area contributed by atoms with Gasteiger partial charge in [-0.1, -0.05) is 12.1 Å². The number of piperidine rings is 1. The second-order valence-electron chi connectivity index (χ2n) is 8.74. The van der Waals surface area contributed by atoms with Crippen molar-refractivity contribution in [1.82, 2.24) is 9.62 Å². The van der Waals surface area contributed by atoms with Crippen LogP contribution >= 0.6 is 11.3 Å². The molecule has 0 atom stereocenters. The molecule has 1 amide bonds. The molecule has 37 heavy (non-hydrogen) atoms. The van der Waals surface area contributed by atoms with E-state index in [9.17, 15) is 23.1 Å². The molecular weight excluding hydrogens is 514 g/mol. The maximum Gasteiger partial charge on any atom is 0.336 e. The predicted octanol–water partition coefficient (Wildman–Crippen LogP) is 3.96. The number of thiophene rings is 1. The molecule has 0 saturated carbocycles. The molecule has 1 saturated heterocycles. The molecule has 9 nitrogen and oxygen atoms in total. The number of benzene rings is 2. The van der Waals surface area contributed by atoms with E-state index in [2.05, 4.69) is 10.6 Å². The predicted molar refractivity (Wildman–Crippen MR) is 142 cm³/mol. The van der Waals surface area contributed by atoms with E-state index in [1.54, 1.807) is 55.5 Å². The number of rotatable bonds is 9. The van der Waals surface area contributed by atoms with Gasteiger partial charge in [-0.2, -0.15) is 4.31 Å². The highest BCUT2D eigenvalue weighted by molar-refractivity contribution is 7.91. The Kier molecular flexibility index (Phi) is 8.16. The summed E-state index contributed by atoms with van der Waals surface area (Å²) in [4.78, 5) is 24.6. The van der Waals surface area contributed by atoms with E-state index in [4.69, 9.17) is 4.74 Å². The number of carboxylic acids is 1. The van der Waals surface area contributed by atoms with E-state index in [-0.39, 0.29) is 28.3 Å². The van der Waals surface area contributed by atoms with Crippen molar-refractivity contribution in [2.75, 3.05) is 25.5 Å². The summed E-state index contributed by atoms with van der Waals surface area (Å²) in [6.45, 7) is 2.70. The highest BCUT2D eigenvalue weighted by Gasteiger charge is 2.31. The third-order valence-corrected chi connectivity index (χ3v) is 9.82. The summed E-state index contributed by atoms with van der Waals surface area (Å²) in [7, 11) is -2.11. The minimum atomic E-state index is -3.65. The lowest BCUT2D eigenvalue weighted by atomic mass is 10.0. The van der Waals surface area contributed by atoms with Gasteiger partial charge in [-0.15, -0.1) is 11.3 Å². The average molecular weight is 544 g/mol. The number of carbonyl (C=O) groups is 2. The SMILES string of the molecule is COc1cccc(C(=O)NCc2ccc(S(=O)(=O)N3CCC(Nc4cccc(C(=O)O)c4C)CC3)s2)c1. The molecule has 2 heterocycles. The Labute approximate surface area is 220 Å². The van der Waals surface area contributed by atoms with Crippen molar-refractivity contribution in [2.45, 2.75) is 36.6 Å². The minimum Gasteiger partial charge on any atom is -0.497 e. The van der Waals surface area contributed by atoms with Gasteiger partial charge in [-0.25, -0.2) is 13.2 Å². The highest BCUT2D eigenvalue weighted by atomic mass is 32.2. The third-order valence-electron chi connectivity index (χ3n) is 6.36. The standard InChI is InChI=1S/C26H29N3O6S2/c1-17-22(26(31)32)7-4-8-23(17)28-19-11-13-29(14-12-19)37(33,34)24-10-9-21(36-24)16-27-25(30)18-5-3-6-20(15-18)35-2/h3-10,15,19,28H,11-14,16H2,1-2H3,(H,27,30)(H,31,32). The van der Waals surface area contributed by atoms with Crippen LogP contribution in [0.2, 0.25) is 0 Å². The maximum absolute atomic E-state index is 13.2. The second-order valence-corrected chi connectivity index (χ2v) is 12.1. The fourth-order valence-corrected chi connectivity index (χ4v) is 7.16. The molecule has 1 fully saturated rings. The molecule has 3 N–H and O–H groups in total. The van der Waals surface area contributed by atoms with Gasteiger partial charge in [0.25, 0.3) is 15.9 Å². The Morgan fingerprint density at radius 2 is 1.84 bits per heavy atom. The molecule has 0 spiro atoms. The largest absolute Gasteiger partial charge is 0.497 e. The van der Waals surface area contributed by atoms with E-state index < -0.39 is 16.0 Å². The van der Waals surface area contributed by atoms with Crippen LogP contribution in [-0.4, -0.2) is 55.9 Å². The van der Waals surface area contributed by atoms with Gasteiger partial charge in [0.1, 0.15) is 9.96 Å². The van der Waals surface area contributed by atoms with Crippen LogP contribution in [0, 0.1) is 6.92 Å². The number of hydrogen-bond donors (Lipinski definition) is 3. The summed E-state index contributed by atoms with van der Waals surface area (Å²) < 4.78 is 33.3. The zero-order valence-corrected chi connectivity index (χ0v) is 22.2. The van der Waals surface area contributed by atoms with Crippen LogP contribution in [-0.2, 0) is 16.6 Å². The van der Waals surface area contributed by atoms with Gasteiger partial charge in [0, 0.05) is 35.3 Å². The smallest absolute Gasteiger partial charge is 0.336 e. The number of carbonyl (C=O) groups excluding carboxylic acids is 1. The first kappa shape index (κ1) is 26.6. The van der Waals surface area contributed by atoms with Crippen molar-refractivity contribution in [3.8, 4) is 5.75 Å². The van der Waals surface area contributed by atoms with E-state index in [1.807, 2.05) is 6.07 Å². The number of aromatic carboxylic acids is 1. The van der Waals surface area contributed by atoms with Gasteiger partial charge in [0.05, 0.1) is 19.2 Å². The molecule has 0 bridgehead atoms. The number of hydrogen-bond acceptors (Lipinski definition) is 7. The molecule has 0 radical (unpaired) electrons. The van der Waals surface area contributed by atoms with Crippen molar-refractivity contribution in [3.63, 3.8) is 0 Å². The van der Waals surface area contributed by atoms with Crippen molar-refractivity contribution >= 4 is 38.9 Å². The number of amides is 1. The van der Waals surface area contributed by atoms with Gasteiger partial charge in [-0.3, -0.25) is 4.79 Å². The van der Waals surface area contributed by atoms with Crippen LogP contribution in [0.15, 0.2) is 58.8 Å². The molecule has 1 aliphatic heterocycles. The van der Waals surface area contributed by atoms with Crippen LogP contribution in [0.1, 0.15) is 44.0 Å². The zero-order valence-electron chi connectivity index (χ0n) is 20.6. The number of methoxy groups -OCH3 is 1. The topological polar surface area (TPSA) is 125 Å². The van der Waals surface area contributed by atoms with Gasteiger partial charge in [-0.05, 0) is 67.8 Å². The minimum absolute atomic E-state index is 0.0416. The Morgan fingerprint density at radius 1 is 1.11 bits per heavy atom. The Balaban J connectivity index is 1.33. The molecule has 1 aromatic heterocycles. The van der Waals surface area contributed by atoms with E-state index >= 15 is 0 Å². The van der Waals surface area contributed by atoms with Crippen LogP contribution in [0.4, 0.5) is 5.69 Å². The molecule has 2 aromatic carbocycles. The van der Waals surface area contributed by atoms with Crippen LogP contribution in [0.5, 0.6) is 5.75 Å². The van der Waals surface area contributed by atoms with Gasteiger partial charge in [0.15, 0.2) is 0 Å². The first-order valence-electron chi connectivity index (χ1n) is 11.8. The van der Waals surface area contributed by atoms with E-state index in [0.717, 1.165) is 21.9 Å². The molecular formula is C26H29N3O6S2. The van der Waals surface area contributed by atoms with Crippen LogP contribution in [0.25, 0.3) is 0 Å². The van der Waals surface area contributed by atoms with Crippen molar-refractivity contribution in [3.05, 3.63) is 76.2 Å². The summed E-state index contributed by atoms with van der Waals surface area (Å²) in [6.07, 6.45) is 1.20. The first-order valence-corrected chi connectivity index (χ1v) is 14.0. The summed E-state index contributed by atoms with van der Waals surface area (Å²) in [6, 6.07) is 15.3. The normalized spacial score (nSPS) is 14.8. The third kappa shape index (κ3) is 6.12. The molecule has 11 heteroatoms. The summed E-state index contributed by atoms with van der Waals surface area (Å²) in [5.74, 6) is -0.660. The van der Waals surface area contributed by atoms with E-state index in [0.29, 0.717) is 42.8 Å². The fourth-order valence-electron chi connectivity index (χ4n) is 4.24. The van der Waals surface area contributed by atoms with Crippen molar-refractivity contribution in [2.24, 2.45) is 0 Å². The Bertz CT molecular complexity index is 1390. The van der Waals surface area contributed by atoms with Crippen molar-refractivity contribution < 1.29 is 27.9 Å². The first-order chi connectivity index (χ1) is 17.7. The number of anilines is 1. The highest BCUT2D eigenvalue weighted by Crippen LogP contribution is 2.29. The monoisotopic (exact) mass is 543 g/mol. The molecule has 1 aliphatic rings. The van der Waals surface area contributed by atoms with Crippen molar-refractivity contribution in [1.29, 1.82) is 0 Å². The molecule has 4 rings (SSSR count). The zero-order chi connectivity index (χ0) is 26.6. The lowest BCUT2D eigenvalue weighted by Gasteiger charge is -2.32. The van der Waals surface area contributed by atoms with E-state index in [1.165, 1.54) is 11.4 Å². The summed E-state index contributed by atoms with van der Waals surface area (Å²) in [5, 5.41) is 15.5. The molecule has 0 aliphatic carbocycles. The van der Waals surface area contributed by atoms with Gasteiger partial charge < -0.3 is 20.5 Å². The number of sulfonamides is 1. The number of carboxylic acid groups (broad SMARTS) is 1. The Hall–Kier alpha value is -3.41. The fraction of sp³-hybridized carbons (Fsp3) is 0.308. The Morgan fingerprint density at radius 3 is 2.54 bits per heavy atom. The number of nitrogens with zero attached hydrogens (tertiary/aromatic N) is 1. The average Bonchev–Trinajstić information content (AvgIpc) is 3.39. The van der Waals surface area contributed by atoms with Crippen LogP contribution in [0.3, 0.4) is 0 Å². The molecule has 196 valence electrons. The summed E-state index contributed by atoms with van der Waals surface area (Å²) in [5.41, 5.74) is 2.12. The molecule has 0 unspecified atom stereocenters.